The average molecular weight is 291 g/mol. The van der Waals surface area contributed by atoms with Gasteiger partial charge in [-0.15, -0.1) is 0 Å². The molecule has 21 heavy (non-hydrogen) atoms. The molecule has 0 heterocycles. The predicted octanol–water partition coefficient (Wildman–Crippen LogP) is 2.97. The highest BCUT2D eigenvalue weighted by molar-refractivity contribution is 5.77. The fourth-order valence-electron chi connectivity index (χ4n) is 1.76. The standard InChI is InChI=1S/C16H15F2NO2/c1-11-3-2-4-13(7-11)21-10-16(20)19-9-12-5-6-14(17)15(18)8-12/h2-8H,9-10H2,1H3,(H,19,20). The number of hydrogen-bond donors (Lipinski definition) is 1. The van der Waals surface area contributed by atoms with Crippen molar-refractivity contribution in [3.8, 4) is 5.75 Å². The number of aryl methyl sites for hydroxylation is 1. The summed E-state index contributed by atoms with van der Waals surface area (Å²) in [4.78, 5) is 11.6. The molecule has 0 aromatic heterocycles. The second-order valence-electron chi connectivity index (χ2n) is 4.63. The van der Waals surface area contributed by atoms with Crippen molar-refractivity contribution in [1.29, 1.82) is 0 Å². The van der Waals surface area contributed by atoms with Gasteiger partial charge in [0.1, 0.15) is 5.75 Å². The molecule has 0 saturated heterocycles. The van der Waals surface area contributed by atoms with Crippen molar-refractivity contribution in [3.05, 3.63) is 65.2 Å². The van der Waals surface area contributed by atoms with E-state index in [2.05, 4.69) is 5.32 Å². The zero-order valence-electron chi connectivity index (χ0n) is 11.5. The zero-order chi connectivity index (χ0) is 15.2. The molecule has 5 heteroatoms. The second-order valence-corrected chi connectivity index (χ2v) is 4.63. The van der Waals surface area contributed by atoms with Crippen LogP contribution in [0.3, 0.4) is 0 Å². The minimum atomic E-state index is -0.933. The normalized spacial score (nSPS) is 10.2. The van der Waals surface area contributed by atoms with Gasteiger partial charge in [-0.1, -0.05) is 18.2 Å². The Kier molecular flexibility index (Phi) is 4.87. The molecule has 3 nitrogen and oxygen atoms in total. The van der Waals surface area contributed by atoms with Crippen LogP contribution in [0.5, 0.6) is 5.75 Å². The third-order valence-electron chi connectivity index (χ3n) is 2.83. The first-order valence-corrected chi connectivity index (χ1v) is 6.44. The Morgan fingerprint density at radius 1 is 1.14 bits per heavy atom. The van der Waals surface area contributed by atoms with Crippen LogP contribution in [0.1, 0.15) is 11.1 Å². The van der Waals surface area contributed by atoms with E-state index in [1.165, 1.54) is 6.07 Å². The number of carbonyl (C=O) groups excluding carboxylic acids is 1. The van der Waals surface area contributed by atoms with E-state index in [0.717, 1.165) is 17.7 Å². The van der Waals surface area contributed by atoms with Gasteiger partial charge in [0.25, 0.3) is 5.91 Å². The summed E-state index contributed by atoms with van der Waals surface area (Å²) in [5.41, 5.74) is 1.52. The Labute approximate surface area is 121 Å². The topological polar surface area (TPSA) is 38.3 Å². The van der Waals surface area contributed by atoms with Crippen molar-refractivity contribution in [1.82, 2.24) is 5.32 Å². The number of rotatable bonds is 5. The molecular formula is C16H15F2NO2. The fraction of sp³-hybridized carbons (Fsp3) is 0.188. The summed E-state index contributed by atoms with van der Waals surface area (Å²) in [7, 11) is 0. The first kappa shape index (κ1) is 15.0. The summed E-state index contributed by atoms with van der Waals surface area (Å²) in [6.07, 6.45) is 0. The molecule has 1 N–H and O–H groups in total. The van der Waals surface area contributed by atoms with Gasteiger partial charge in [-0.05, 0) is 42.3 Å². The van der Waals surface area contributed by atoms with Gasteiger partial charge in [-0.25, -0.2) is 8.78 Å². The lowest BCUT2D eigenvalue weighted by molar-refractivity contribution is -0.123. The van der Waals surface area contributed by atoms with Gasteiger partial charge < -0.3 is 10.1 Å². The second kappa shape index (κ2) is 6.83. The molecule has 2 aromatic rings. The highest BCUT2D eigenvalue weighted by Crippen LogP contribution is 2.12. The molecule has 0 unspecified atom stereocenters. The van der Waals surface area contributed by atoms with E-state index >= 15 is 0 Å². The van der Waals surface area contributed by atoms with E-state index in [1.807, 2.05) is 25.1 Å². The predicted molar refractivity (Wildman–Crippen MR) is 74.9 cm³/mol. The van der Waals surface area contributed by atoms with E-state index in [-0.39, 0.29) is 19.1 Å². The molecule has 2 rings (SSSR count). The molecule has 1 amide bonds. The molecule has 0 aliphatic carbocycles. The van der Waals surface area contributed by atoms with Crippen LogP contribution in [-0.2, 0) is 11.3 Å². The Morgan fingerprint density at radius 3 is 2.67 bits per heavy atom. The average Bonchev–Trinajstić information content (AvgIpc) is 2.46. The Morgan fingerprint density at radius 2 is 1.95 bits per heavy atom. The Bertz CT molecular complexity index is 644. The smallest absolute Gasteiger partial charge is 0.258 e. The first-order valence-electron chi connectivity index (χ1n) is 6.44. The lowest BCUT2D eigenvalue weighted by Crippen LogP contribution is -2.28. The highest BCUT2D eigenvalue weighted by Gasteiger charge is 2.05. The van der Waals surface area contributed by atoms with E-state index in [9.17, 15) is 13.6 Å². The third kappa shape index (κ3) is 4.56. The van der Waals surface area contributed by atoms with Gasteiger partial charge >= 0.3 is 0 Å². The monoisotopic (exact) mass is 291 g/mol. The maximum Gasteiger partial charge on any atom is 0.258 e. The SMILES string of the molecule is Cc1cccc(OCC(=O)NCc2ccc(F)c(F)c2)c1. The number of benzene rings is 2. The zero-order valence-corrected chi connectivity index (χ0v) is 11.5. The summed E-state index contributed by atoms with van der Waals surface area (Å²) in [6, 6.07) is 10.8. The minimum absolute atomic E-state index is 0.118. The summed E-state index contributed by atoms with van der Waals surface area (Å²) in [5.74, 6) is -1.56. The van der Waals surface area contributed by atoms with Crippen LogP contribution in [0.15, 0.2) is 42.5 Å². The van der Waals surface area contributed by atoms with Crippen molar-refractivity contribution in [3.63, 3.8) is 0 Å². The summed E-state index contributed by atoms with van der Waals surface area (Å²) in [5, 5.41) is 2.58. The molecule has 0 atom stereocenters. The highest BCUT2D eigenvalue weighted by atomic mass is 19.2. The number of hydrogen-bond acceptors (Lipinski definition) is 2. The van der Waals surface area contributed by atoms with Gasteiger partial charge in [0.2, 0.25) is 0 Å². The number of nitrogens with one attached hydrogen (secondary N) is 1. The molecule has 0 spiro atoms. The van der Waals surface area contributed by atoms with Crippen LogP contribution < -0.4 is 10.1 Å². The first-order chi connectivity index (χ1) is 10.0. The third-order valence-corrected chi connectivity index (χ3v) is 2.83. The van der Waals surface area contributed by atoms with Crippen molar-refractivity contribution < 1.29 is 18.3 Å². The van der Waals surface area contributed by atoms with Gasteiger partial charge in [0.15, 0.2) is 18.2 Å². The van der Waals surface area contributed by atoms with Gasteiger partial charge in [0.05, 0.1) is 0 Å². The van der Waals surface area contributed by atoms with Gasteiger partial charge in [0, 0.05) is 6.54 Å². The summed E-state index contributed by atoms with van der Waals surface area (Å²) in [6.45, 7) is 1.91. The van der Waals surface area contributed by atoms with Crippen molar-refractivity contribution >= 4 is 5.91 Å². The van der Waals surface area contributed by atoms with Crippen molar-refractivity contribution in [2.45, 2.75) is 13.5 Å². The maximum atomic E-state index is 13.0. The fourth-order valence-corrected chi connectivity index (χ4v) is 1.76. The number of ether oxygens (including phenoxy) is 1. The van der Waals surface area contributed by atoms with E-state index in [1.54, 1.807) is 6.07 Å². The summed E-state index contributed by atoms with van der Waals surface area (Å²) < 4.78 is 31.1. The van der Waals surface area contributed by atoms with Crippen LogP contribution in [0.4, 0.5) is 8.78 Å². The van der Waals surface area contributed by atoms with E-state index in [0.29, 0.717) is 11.3 Å². The number of halogens is 2. The van der Waals surface area contributed by atoms with Crippen LogP contribution in [0.25, 0.3) is 0 Å². The maximum absolute atomic E-state index is 13.0. The van der Waals surface area contributed by atoms with Crippen LogP contribution in [0.2, 0.25) is 0 Å². The lowest BCUT2D eigenvalue weighted by atomic mass is 10.2. The minimum Gasteiger partial charge on any atom is -0.484 e. The Balaban J connectivity index is 1.80. The number of carbonyl (C=O) groups is 1. The van der Waals surface area contributed by atoms with Crippen LogP contribution >= 0.6 is 0 Å². The van der Waals surface area contributed by atoms with Gasteiger partial charge in [-0.2, -0.15) is 0 Å². The number of amides is 1. The largest absolute Gasteiger partial charge is 0.484 e. The molecule has 0 aliphatic rings. The van der Waals surface area contributed by atoms with Crippen LogP contribution in [0, 0.1) is 18.6 Å². The molecule has 0 radical (unpaired) electrons. The quantitative estimate of drug-likeness (QED) is 0.919. The van der Waals surface area contributed by atoms with E-state index < -0.39 is 11.6 Å². The van der Waals surface area contributed by atoms with Gasteiger partial charge in [-0.3, -0.25) is 4.79 Å². The molecule has 0 aliphatic heterocycles. The Hall–Kier alpha value is -2.43. The van der Waals surface area contributed by atoms with E-state index in [4.69, 9.17) is 4.74 Å². The van der Waals surface area contributed by atoms with Crippen molar-refractivity contribution in [2.75, 3.05) is 6.61 Å². The molecule has 2 aromatic carbocycles. The summed E-state index contributed by atoms with van der Waals surface area (Å²) >= 11 is 0. The molecule has 0 fully saturated rings. The molecule has 110 valence electrons. The van der Waals surface area contributed by atoms with Crippen LogP contribution in [-0.4, -0.2) is 12.5 Å². The van der Waals surface area contributed by atoms with Crippen molar-refractivity contribution in [2.24, 2.45) is 0 Å². The molecule has 0 bridgehead atoms. The molecule has 0 saturated carbocycles. The molecular weight excluding hydrogens is 276 g/mol. The lowest BCUT2D eigenvalue weighted by Gasteiger charge is -2.08.